The first-order valence-electron chi connectivity index (χ1n) is 6.08. The first-order chi connectivity index (χ1) is 9.97. The van der Waals surface area contributed by atoms with Crippen molar-refractivity contribution in [2.45, 2.75) is 12.8 Å². The second-order valence-corrected chi connectivity index (χ2v) is 3.97. The van der Waals surface area contributed by atoms with Crippen LogP contribution in [-0.4, -0.2) is 43.2 Å². The summed E-state index contributed by atoms with van der Waals surface area (Å²) >= 11 is 0. The normalized spacial score (nSPS) is 10.4. The average Bonchev–Trinajstić information content (AvgIpc) is 2.42. The number of halogens is 2. The molecule has 0 bridgehead atoms. The molecule has 1 aromatic rings. The van der Waals surface area contributed by atoms with Crippen molar-refractivity contribution in [2.75, 3.05) is 25.1 Å². The third-order valence-corrected chi connectivity index (χ3v) is 2.22. The Labute approximate surface area is 119 Å². The van der Waals surface area contributed by atoms with Gasteiger partial charge in [-0.25, -0.2) is 13.6 Å². The van der Waals surface area contributed by atoms with Gasteiger partial charge in [-0.3, -0.25) is 4.79 Å². The van der Waals surface area contributed by atoms with Crippen molar-refractivity contribution in [3.8, 4) is 5.75 Å². The molecule has 0 fully saturated rings. The van der Waals surface area contributed by atoms with Crippen molar-refractivity contribution in [2.24, 2.45) is 0 Å². The van der Waals surface area contributed by atoms with Gasteiger partial charge in [0.15, 0.2) is 6.61 Å². The van der Waals surface area contributed by atoms with Gasteiger partial charge >= 0.3 is 5.97 Å². The van der Waals surface area contributed by atoms with Gasteiger partial charge in [-0.2, -0.15) is 0 Å². The number of amides is 1. The molecule has 21 heavy (non-hydrogen) atoms. The van der Waals surface area contributed by atoms with Crippen LogP contribution in [0.5, 0.6) is 5.75 Å². The lowest BCUT2D eigenvalue weighted by Gasteiger charge is -2.07. The second-order valence-electron chi connectivity index (χ2n) is 3.97. The van der Waals surface area contributed by atoms with E-state index >= 15 is 0 Å². The molecule has 0 saturated carbocycles. The highest BCUT2D eigenvalue weighted by Crippen LogP contribution is 2.15. The number of carbonyl (C=O) groups is 2. The van der Waals surface area contributed by atoms with Crippen LogP contribution in [0.1, 0.15) is 6.42 Å². The number of nitrogens with one attached hydrogen (secondary N) is 1. The summed E-state index contributed by atoms with van der Waals surface area (Å²) in [6, 6.07) is 6.09. The van der Waals surface area contributed by atoms with Crippen LogP contribution in [0.3, 0.4) is 0 Å². The molecule has 6 nitrogen and oxygen atoms in total. The number of anilines is 1. The smallest absolute Gasteiger partial charge is 0.341 e. The molecule has 1 aromatic carbocycles. The van der Waals surface area contributed by atoms with Crippen LogP contribution in [0, 0.1) is 0 Å². The zero-order chi connectivity index (χ0) is 15.7. The number of carboxylic acids is 1. The van der Waals surface area contributed by atoms with Gasteiger partial charge in [0.2, 0.25) is 5.91 Å². The van der Waals surface area contributed by atoms with Crippen molar-refractivity contribution < 1.29 is 33.0 Å². The first-order valence-corrected chi connectivity index (χ1v) is 6.08. The summed E-state index contributed by atoms with van der Waals surface area (Å²) in [5, 5.41) is 11.0. The highest BCUT2D eigenvalue weighted by Gasteiger charge is 2.06. The predicted molar refractivity (Wildman–Crippen MR) is 69.6 cm³/mol. The Kier molecular flexibility index (Phi) is 7.10. The molecule has 0 atom stereocenters. The number of carboxylic acid groups (broad SMARTS) is 1. The maximum atomic E-state index is 11.8. The van der Waals surface area contributed by atoms with Gasteiger partial charge in [0.05, 0.1) is 13.0 Å². The minimum Gasteiger partial charge on any atom is -0.482 e. The van der Waals surface area contributed by atoms with Crippen molar-refractivity contribution in [3.05, 3.63) is 24.3 Å². The van der Waals surface area contributed by atoms with Crippen LogP contribution in [-0.2, 0) is 14.3 Å². The molecular formula is C13H15F2NO5. The summed E-state index contributed by atoms with van der Waals surface area (Å²) < 4.78 is 33.1. The lowest BCUT2D eigenvalue weighted by atomic mass is 10.3. The molecule has 1 rings (SSSR count). The molecule has 116 valence electrons. The molecule has 0 heterocycles. The lowest BCUT2D eigenvalue weighted by Crippen LogP contribution is -2.15. The molecule has 2 N–H and O–H groups in total. The van der Waals surface area contributed by atoms with E-state index in [0.717, 1.165) is 0 Å². The van der Waals surface area contributed by atoms with E-state index in [0.29, 0.717) is 11.4 Å². The van der Waals surface area contributed by atoms with Crippen molar-refractivity contribution >= 4 is 17.6 Å². The molecule has 0 aliphatic carbocycles. The summed E-state index contributed by atoms with van der Waals surface area (Å²) in [5.41, 5.74) is 0.483. The molecule has 0 aromatic heterocycles. The fourth-order valence-corrected chi connectivity index (χ4v) is 1.34. The molecule has 1 amide bonds. The summed E-state index contributed by atoms with van der Waals surface area (Å²) in [7, 11) is 0. The van der Waals surface area contributed by atoms with E-state index in [-0.39, 0.29) is 18.9 Å². The Morgan fingerprint density at radius 2 is 1.90 bits per heavy atom. The van der Waals surface area contributed by atoms with E-state index < -0.39 is 25.6 Å². The van der Waals surface area contributed by atoms with Crippen molar-refractivity contribution in [3.63, 3.8) is 0 Å². The molecule has 0 saturated heterocycles. The quantitative estimate of drug-likeness (QED) is 0.679. The van der Waals surface area contributed by atoms with Gasteiger partial charge < -0.3 is 19.9 Å². The van der Waals surface area contributed by atoms with Crippen LogP contribution in [0.2, 0.25) is 0 Å². The van der Waals surface area contributed by atoms with Crippen LogP contribution in [0.25, 0.3) is 0 Å². The lowest BCUT2D eigenvalue weighted by molar-refractivity contribution is -0.139. The van der Waals surface area contributed by atoms with E-state index in [2.05, 4.69) is 10.1 Å². The SMILES string of the molecule is O=C(O)COc1ccc(NC(=O)CCOCC(F)F)cc1. The van der Waals surface area contributed by atoms with Gasteiger partial charge in [0.25, 0.3) is 6.43 Å². The number of aliphatic carboxylic acids is 1. The monoisotopic (exact) mass is 303 g/mol. The van der Waals surface area contributed by atoms with Crippen LogP contribution in [0.15, 0.2) is 24.3 Å². The largest absolute Gasteiger partial charge is 0.482 e. The first kappa shape index (κ1) is 16.8. The predicted octanol–water partition coefficient (Wildman–Crippen LogP) is 1.76. The molecule has 8 heteroatoms. The Bertz CT molecular complexity index is 464. The minimum atomic E-state index is -2.55. The van der Waals surface area contributed by atoms with Crippen molar-refractivity contribution in [1.82, 2.24) is 0 Å². The standard InChI is InChI=1S/C13H15F2NO5/c14-11(15)7-20-6-5-12(17)16-9-1-3-10(4-2-9)21-8-13(18)19/h1-4,11H,5-8H2,(H,16,17)(H,18,19). The van der Waals surface area contributed by atoms with E-state index in [4.69, 9.17) is 9.84 Å². The molecule has 0 aliphatic heterocycles. The van der Waals surface area contributed by atoms with E-state index in [1.165, 1.54) is 24.3 Å². The second kappa shape index (κ2) is 8.85. The molecule has 0 spiro atoms. The molecule has 0 unspecified atom stereocenters. The fourth-order valence-electron chi connectivity index (χ4n) is 1.34. The van der Waals surface area contributed by atoms with Crippen molar-refractivity contribution in [1.29, 1.82) is 0 Å². The summed E-state index contributed by atoms with van der Waals surface area (Å²) in [4.78, 5) is 21.8. The highest BCUT2D eigenvalue weighted by atomic mass is 19.3. The number of ether oxygens (including phenoxy) is 2. The topological polar surface area (TPSA) is 84.9 Å². The molecule has 0 aliphatic rings. The maximum Gasteiger partial charge on any atom is 0.341 e. The number of carbonyl (C=O) groups excluding carboxylic acids is 1. The van der Waals surface area contributed by atoms with Gasteiger partial charge in [-0.15, -0.1) is 0 Å². The Balaban J connectivity index is 2.30. The number of hydrogen-bond acceptors (Lipinski definition) is 4. The summed E-state index contributed by atoms with van der Waals surface area (Å²) in [6.45, 7) is -1.23. The average molecular weight is 303 g/mol. The summed E-state index contributed by atoms with van der Waals surface area (Å²) in [5.74, 6) is -1.10. The number of rotatable bonds is 9. The van der Waals surface area contributed by atoms with Gasteiger partial charge in [0, 0.05) is 5.69 Å². The molecule has 0 radical (unpaired) electrons. The third kappa shape index (κ3) is 7.83. The van der Waals surface area contributed by atoms with Gasteiger partial charge in [-0.05, 0) is 24.3 Å². The van der Waals surface area contributed by atoms with Crippen LogP contribution in [0.4, 0.5) is 14.5 Å². The number of benzene rings is 1. The Morgan fingerprint density at radius 1 is 1.24 bits per heavy atom. The van der Waals surface area contributed by atoms with Gasteiger partial charge in [0.1, 0.15) is 12.4 Å². The zero-order valence-corrected chi connectivity index (χ0v) is 11.1. The number of alkyl halides is 2. The highest BCUT2D eigenvalue weighted by molar-refractivity contribution is 5.90. The fraction of sp³-hybridized carbons (Fsp3) is 0.385. The number of hydrogen-bond donors (Lipinski definition) is 2. The Morgan fingerprint density at radius 3 is 2.48 bits per heavy atom. The van der Waals surface area contributed by atoms with E-state index in [1.807, 2.05) is 0 Å². The maximum absolute atomic E-state index is 11.8. The van der Waals surface area contributed by atoms with Crippen LogP contribution < -0.4 is 10.1 Å². The summed E-state index contributed by atoms with van der Waals surface area (Å²) in [6.07, 6.45) is -2.59. The Hall–Kier alpha value is -2.22. The third-order valence-electron chi connectivity index (χ3n) is 2.22. The van der Waals surface area contributed by atoms with Gasteiger partial charge in [-0.1, -0.05) is 0 Å². The minimum absolute atomic E-state index is 0.0377. The van der Waals surface area contributed by atoms with E-state index in [9.17, 15) is 18.4 Å². The molecular weight excluding hydrogens is 288 g/mol. The zero-order valence-electron chi connectivity index (χ0n) is 11.1. The van der Waals surface area contributed by atoms with Crippen LogP contribution >= 0.6 is 0 Å². The van der Waals surface area contributed by atoms with E-state index in [1.54, 1.807) is 0 Å².